The van der Waals surface area contributed by atoms with Gasteiger partial charge in [-0.2, -0.15) is 0 Å². The van der Waals surface area contributed by atoms with Crippen LogP contribution in [0.2, 0.25) is 5.02 Å². The number of rotatable bonds is 4. The summed E-state index contributed by atoms with van der Waals surface area (Å²) in [6.07, 6.45) is 1.08. The first-order chi connectivity index (χ1) is 11.1. The Hall–Kier alpha value is -1.68. The molecular weight excluding hydrogens is 392 g/mol. The van der Waals surface area contributed by atoms with Crippen molar-refractivity contribution in [1.82, 2.24) is 4.98 Å². The summed E-state index contributed by atoms with van der Waals surface area (Å²) in [5, 5.41) is 0.438. The summed E-state index contributed by atoms with van der Waals surface area (Å²) in [7, 11) is -7.17. The van der Waals surface area contributed by atoms with Gasteiger partial charge in [-0.3, -0.25) is 4.72 Å². The molecule has 1 N–H and O–H groups in total. The van der Waals surface area contributed by atoms with Crippen LogP contribution in [0.4, 0.5) is 5.69 Å². The van der Waals surface area contributed by atoms with E-state index in [1.54, 1.807) is 12.1 Å². The lowest BCUT2D eigenvalue weighted by molar-refractivity contribution is 0.599. The topological polar surface area (TPSA) is 93.2 Å². The number of sulfonamides is 1. The van der Waals surface area contributed by atoms with E-state index in [2.05, 4.69) is 9.71 Å². The number of fused-ring (bicyclic) bond motifs is 1. The van der Waals surface area contributed by atoms with Crippen LogP contribution < -0.4 is 4.72 Å². The Balaban J connectivity index is 1.96. The van der Waals surface area contributed by atoms with Crippen LogP contribution in [0, 0.1) is 0 Å². The average Bonchev–Trinajstić information content (AvgIpc) is 2.90. The van der Waals surface area contributed by atoms with Crippen LogP contribution >= 0.6 is 22.9 Å². The van der Waals surface area contributed by atoms with Crippen molar-refractivity contribution in [3.8, 4) is 0 Å². The molecule has 0 aliphatic rings. The maximum absolute atomic E-state index is 12.4. The van der Waals surface area contributed by atoms with Crippen molar-refractivity contribution in [2.24, 2.45) is 0 Å². The maximum Gasteiger partial charge on any atom is 0.261 e. The predicted octanol–water partition coefficient (Wildman–Crippen LogP) is 3.15. The first-order valence-corrected chi connectivity index (χ1v) is 11.1. The number of sulfone groups is 1. The molecule has 3 aromatic rings. The number of hydrogen-bond acceptors (Lipinski definition) is 6. The van der Waals surface area contributed by atoms with E-state index < -0.39 is 19.9 Å². The smallest absolute Gasteiger partial charge is 0.261 e. The summed E-state index contributed by atoms with van der Waals surface area (Å²) in [4.78, 5) is 4.11. The van der Waals surface area contributed by atoms with E-state index >= 15 is 0 Å². The molecule has 0 atom stereocenters. The molecular formula is C14H11ClN2O4S3. The number of aromatic nitrogens is 1. The van der Waals surface area contributed by atoms with Gasteiger partial charge in [-0.15, -0.1) is 11.3 Å². The summed E-state index contributed by atoms with van der Waals surface area (Å²) in [6, 6.07) is 10.4. The third-order valence-electron chi connectivity index (χ3n) is 3.06. The number of halogens is 1. The van der Waals surface area contributed by atoms with Crippen LogP contribution in [0.1, 0.15) is 0 Å². The fraction of sp³-hybridized carbons (Fsp3) is 0.0714. The minimum absolute atomic E-state index is 0.00444. The molecule has 2 aromatic carbocycles. The Morgan fingerprint density at radius 1 is 1.04 bits per heavy atom. The fourth-order valence-electron chi connectivity index (χ4n) is 1.95. The van der Waals surface area contributed by atoms with Gasteiger partial charge in [0.05, 0.1) is 20.8 Å². The largest absolute Gasteiger partial charge is 0.280 e. The number of nitrogens with zero attached hydrogens (tertiary/aromatic N) is 1. The third kappa shape index (κ3) is 3.54. The summed E-state index contributed by atoms with van der Waals surface area (Å²) in [6.45, 7) is 0. The Bertz CT molecular complexity index is 1120. The predicted molar refractivity (Wildman–Crippen MR) is 95.0 cm³/mol. The van der Waals surface area contributed by atoms with E-state index in [1.165, 1.54) is 30.3 Å². The lowest BCUT2D eigenvalue weighted by Gasteiger charge is -2.08. The van der Waals surface area contributed by atoms with Crippen molar-refractivity contribution >= 4 is 58.7 Å². The SMILES string of the molecule is CS(=O)(=O)c1nc2ccc(NS(=O)(=O)c3ccc(Cl)cc3)cc2s1. The molecule has 126 valence electrons. The van der Waals surface area contributed by atoms with E-state index in [0.717, 1.165) is 17.6 Å². The second-order valence-electron chi connectivity index (χ2n) is 4.99. The highest BCUT2D eigenvalue weighted by molar-refractivity contribution is 7.93. The van der Waals surface area contributed by atoms with Gasteiger partial charge in [0.1, 0.15) is 0 Å². The Labute approximate surface area is 148 Å². The highest BCUT2D eigenvalue weighted by Crippen LogP contribution is 2.29. The van der Waals surface area contributed by atoms with Crippen molar-refractivity contribution in [3.63, 3.8) is 0 Å². The molecule has 0 unspecified atom stereocenters. The molecule has 0 aliphatic heterocycles. The van der Waals surface area contributed by atoms with Gasteiger partial charge in [0.2, 0.25) is 14.2 Å². The molecule has 0 bridgehead atoms. The Kier molecular flexibility index (Phi) is 4.28. The van der Waals surface area contributed by atoms with Gasteiger partial charge >= 0.3 is 0 Å². The Morgan fingerprint density at radius 3 is 2.33 bits per heavy atom. The summed E-state index contributed by atoms with van der Waals surface area (Å²) in [5.74, 6) is 0. The van der Waals surface area contributed by atoms with E-state index in [9.17, 15) is 16.8 Å². The maximum atomic E-state index is 12.4. The second-order valence-corrected chi connectivity index (χ2v) is 10.3. The zero-order valence-corrected chi connectivity index (χ0v) is 15.4. The molecule has 1 aromatic heterocycles. The highest BCUT2D eigenvalue weighted by Gasteiger charge is 2.17. The van der Waals surface area contributed by atoms with Crippen molar-refractivity contribution in [3.05, 3.63) is 47.5 Å². The quantitative estimate of drug-likeness (QED) is 0.723. The molecule has 0 saturated carbocycles. The summed E-state index contributed by atoms with van der Waals surface area (Å²) < 4.78 is 50.8. The molecule has 3 rings (SSSR count). The van der Waals surface area contributed by atoms with E-state index in [4.69, 9.17) is 11.6 Å². The molecule has 6 nitrogen and oxygen atoms in total. The number of nitrogens with one attached hydrogen (secondary N) is 1. The van der Waals surface area contributed by atoms with E-state index in [-0.39, 0.29) is 9.24 Å². The summed E-state index contributed by atoms with van der Waals surface area (Å²) in [5.41, 5.74) is 0.816. The van der Waals surface area contributed by atoms with Gasteiger partial charge in [0, 0.05) is 11.3 Å². The zero-order valence-electron chi connectivity index (χ0n) is 12.2. The molecule has 24 heavy (non-hydrogen) atoms. The first kappa shape index (κ1) is 17.2. The standard InChI is InChI=1S/C14H11ClN2O4S3/c1-23(18,19)14-16-12-7-4-10(8-13(12)22-14)17-24(20,21)11-5-2-9(15)3-6-11/h2-8,17H,1H3. The second kappa shape index (κ2) is 5.99. The molecule has 1 heterocycles. The molecule has 0 amide bonds. The molecule has 0 aliphatic carbocycles. The number of anilines is 1. The molecule has 0 spiro atoms. The van der Waals surface area contributed by atoms with Crippen LogP contribution in [0.5, 0.6) is 0 Å². The van der Waals surface area contributed by atoms with Crippen LogP contribution in [-0.4, -0.2) is 28.1 Å². The average molecular weight is 403 g/mol. The van der Waals surface area contributed by atoms with E-state index in [1.807, 2.05) is 0 Å². The number of hydrogen-bond donors (Lipinski definition) is 1. The molecule has 10 heteroatoms. The fourth-order valence-corrected chi connectivity index (χ4v) is 5.00. The van der Waals surface area contributed by atoms with Crippen molar-refractivity contribution in [1.29, 1.82) is 0 Å². The lowest BCUT2D eigenvalue weighted by Crippen LogP contribution is -2.12. The van der Waals surface area contributed by atoms with Gasteiger partial charge < -0.3 is 0 Å². The number of benzene rings is 2. The summed E-state index contributed by atoms with van der Waals surface area (Å²) >= 11 is 6.75. The van der Waals surface area contributed by atoms with Gasteiger partial charge in [-0.25, -0.2) is 21.8 Å². The van der Waals surface area contributed by atoms with Crippen molar-refractivity contribution < 1.29 is 16.8 Å². The van der Waals surface area contributed by atoms with Gasteiger partial charge in [0.15, 0.2) is 0 Å². The molecule has 0 radical (unpaired) electrons. The molecule has 0 saturated heterocycles. The van der Waals surface area contributed by atoms with Gasteiger partial charge in [0.25, 0.3) is 10.0 Å². The van der Waals surface area contributed by atoms with Crippen LogP contribution in [-0.2, 0) is 19.9 Å². The minimum Gasteiger partial charge on any atom is -0.280 e. The normalized spacial score (nSPS) is 12.4. The minimum atomic E-state index is -3.76. The van der Waals surface area contributed by atoms with E-state index in [0.29, 0.717) is 20.9 Å². The van der Waals surface area contributed by atoms with Gasteiger partial charge in [-0.05, 0) is 42.5 Å². The van der Waals surface area contributed by atoms with Crippen molar-refractivity contribution in [2.45, 2.75) is 9.24 Å². The molecule has 0 fully saturated rings. The van der Waals surface area contributed by atoms with Crippen LogP contribution in [0.25, 0.3) is 10.2 Å². The highest BCUT2D eigenvalue weighted by atomic mass is 35.5. The lowest BCUT2D eigenvalue weighted by atomic mass is 10.3. The van der Waals surface area contributed by atoms with Crippen LogP contribution in [0.3, 0.4) is 0 Å². The number of thiazole rings is 1. The van der Waals surface area contributed by atoms with Gasteiger partial charge in [-0.1, -0.05) is 11.6 Å². The van der Waals surface area contributed by atoms with Crippen LogP contribution in [0.15, 0.2) is 51.7 Å². The van der Waals surface area contributed by atoms with Crippen molar-refractivity contribution in [2.75, 3.05) is 11.0 Å². The third-order valence-corrected chi connectivity index (χ3v) is 7.41. The monoisotopic (exact) mass is 402 g/mol. The Morgan fingerprint density at radius 2 is 1.71 bits per heavy atom. The first-order valence-electron chi connectivity index (χ1n) is 6.54. The zero-order chi connectivity index (χ0) is 17.5.